The molecule has 5 nitrogen and oxygen atoms in total. The lowest BCUT2D eigenvalue weighted by Crippen LogP contribution is -2.49. The van der Waals surface area contributed by atoms with E-state index in [1.165, 1.54) is 4.90 Å². The van der Waals surface area contributed by atoms with Gasteiger partial charge in [-0.1, -0.05) is 46.6 Å². The Kier molecular flexibility index (Phi) is 8.80. The van der Waals surface area contributed by atoms with Gasteiger partial charge in [0.2, 0.25) is 5.91 Å². The van der Waals surface area contributed by atoms with E-state index in [4.69, 9.17) is 16.3 Å². The first-order valence-corrected chi connectivity index (χ1v) is 10.3. The molecule has 28 heavy (non-hydrogen) atoms. The molecule has 2 amide bonds. The van der Waals surface area contributed by atoms with Crippen LogP contribution < -0.4 is 10.1 Å². The first-order valence-electron chi connectivity index (χ1n) is 9.10. The summed E-state index contributed by atoms with van der Waals surface area (Å²) in [5.74, 6) is 0.135. The summed E-state index contributed by atoms with van der Waals surface area (Å²) in [6, 6.07) is 13.8. The minimum Gasteiger partial charge on any atom is -0.484 e. The van der Waals surface area contributed by atoms with Gasteiger partial charge in [0, 0.05) is 22.6 Å². The molecule has 0 unspecified atom stereocenters. The fourth-order valence-corrected chi connectivity index (χ4v) is 2.91. The predicted molar refractivity (Wildman–Crippen MR) is 114 cm³/mol. The number of benzene rings is 2. The summed E-state index contributed by atoms with van der Waals surface area (Å²) in [6.07, 6.45) is 0.830. The van der Waals surface area contributed by atoms with E-state index in [2.05, 4.69) is 21.2 Å². The number of amides is 2. The number of halogens is 2. The summed E-state index contributed by atoms with van der Waals surface area (Å²) >= 11 is 9.30. The van der Waals surface area contributed by atoms with Gasteiger partial charge in [0.25, 0.3) is 5.91 Å². The molecule has 0 saturated heterocycles. The van der Waals surface area contributed by atoms with Crippen molar-refractivity contribution in [2.24, 2.45) is 0 Å². The molecule has 1 N–H and O–H groups in total. The van der Waals surface area contributed by atoms with Crippen molar-refractivity contribution >= 4 is 39.3 Å². The van der Waals surface area contributed by atoms with Gasteiger partial charge >= 0.3 is 0 Å². The zero-order chi connectivity index (χ0) is 20.5. The van der Waals surface area contributed by atoms with Crippen LogP contribution in [0.5, 0.6) is 5.75 Å². The largest absolute Gasteiger partial charge is 0.484 e. The molecule has 2 aromatic rings. The Bertz CT molecular complexity index is 781. The molecule has 0 spiro atoms. The summed E-state index contributed by atoms with van der Waals surface area (Å²) in [5.41, 5.74) is 0.886. The molecule has 0 aliphatic carbocycles. The van der Waals surface area contributed by atoms with E-state index in [0.717, 1.165) is 16.5 Å². The van der Waals surface area contributed by atoms with E-state index in [-0.39, 0.29) is 18.4 Å². The summed E-state index contributed by atoms with van der Waals surface area (Å²) in [4.78, 5) is 26.8. The van der Waals surface area contributed by atoms with Gasteiger partial charge in [-0.3, -0.25) is 9.59 Å². The monoisotopic (exact) mass is 466 g/mol. The van der Waals surface area contributed by atoms with Crippen LogP contribution in [0.2, 0.25) is 5.02 Å². The molecule has 1 atom stereocenters. The molecule has 0 aromatic heterocycles. The number of ether oxygens (including phenoxy) is 1. The van der Waals surface area contributed by atoms with Crippen molar-refractivity contribution in [2.75, 3.05) is 13.2 Å². The maximum absolute atomic E-state index is 12.9. The smallest absolute Gasteiger partial charge is 0.261 e. The molecule has 7 heteroatoms. The Hall–Kier alpha value is -2.05. The van der Waals surface area contributed by atoms with Crippen LogP contribution in [0.25, 0.3) is 0 Å². The van der Waals surface area contributed by atoms with Gasteiger partial charge in [0.1, 0.15) is 11.8 Å². The van der Waals surface area contributed by atoms with E-state index in [9.17, 15) is 9.59 Å². The fourth-order valence-electron chi connectivity index (χ4n) is 2.52. The summed E-state index contributed by atoms with van der Waals surface area (Å²) in [5, 5.41) is 3.46. The Morgan fingerprint density at radius 1 is 1.14 bits per heavy atom. The SMILES string of the molecule is CCCNC(=O)[C@H](C)N(Cc1ccc(Cl)cc1)C(=O)COc1ccc(Br)cc1. The van der Waals surface area contributed by atoms with Gasteiger partial charge in [-0.05, 0) is 55.3 Å². The molecule has 150 valence electrons. The maximum Gasteiger partial charge on any atom is 0.261 e. The lowest BCUT2D eigenvalue weighted by atomic mass is 10.1. The first kappa shape index (κ1) is 22.2. The third kappa shape index (κ3) is 6.84. The Balaban J connectivity index is 2.10. The van der Waals surface area contributed by atoms with Gasteiger partial charge < -0.3 is 15.0 Å². The lowest BCUT2D eigenvalue weighted by Gasteiger charge is -2.28. The standard InChI is InChI=1S/C21H24BrClN2O3/c1-3-12-24-21(27)15(2)25(13-16-4-8-18(23)9-5-16)20(26)14-28-19-10-6-17(22)7-11-19/h4-11,15H,3,12-14H2,1-2H3,(H,24,27)/t15-/m0/s1. The minimum atomic E-state index is -0.622. The van der Waals surface area contributed by atoms with Gasteiger partial charge in [-0.2, -0.15) is 0 Å². The first-order chi connectivity index (χ1) is 13.4. The van der Waals surface area contributed by atoms with Crippen molar-refractivity contribution in [3.05, 3.63) is 63.6 Å². The number of carbonyl (C=O) groups is 2. The quantitative estimate of drug-likeness (QED) is 0.594. The van der Waals surface area contributed by atoms with Crippen LogP contribution >= 0.6 is 27.5 Å². The third-order valence-electron chi connectivity index (χ3n) is 4.16. The van der Waals surface area contributed by atoms with Gasteiger partial charge in [0.05, 0.1) is 0 Å². The van der Waals surface area contributed by atoms with Crippen molar-refractivity contribution < 1.29 is 14.3 Å². The van der Waals surface area contributed by atoms with Crippen LogP contribution in [-0.4, -0.2) is 35.9 Å². The molecule has 0 radical (unpaired) electrons. The van der Waals surface area contributed by atoms with Crippen molar-refractivity contribution in [1.82, 2.24) is 10.2 Å². The second kappa shape index (κ2) is 11.1. The van der Waals surface area contributed by atoms with Crippen LogP contribution in [-0.2, 0) is 16.1 Å². The molecule has 0 aliphatic heterocycles. The summed E-state index contributed by atoms with van der Waals surface area (Å²) < 4.78 is 6.53. The second-order valence-corrected chi connectivity index (χ2v) is 7.71. The zero-order valence-electron chi connectivity index (χ0n) is 16.0. The maximum atomic E-state index is 12.9. The van der Waals surface area contributed by atoms with E-state index < -0.39 is 6.04 Å². The molecule has 2 rings (SSSR count). The highest BCUT2D eigenvalue weighted by atomic mass is 79.9. The van der Waals surface area contributed by atoms with Crippen molar-refractivity contribution in [3.8, 4) is 5.75 Å². The van der Waals surface area contributed by atoms with E-state index in [1.54, 1.807) is 31.2 Å². The highest BCUT2D eigenvalue weighted by molar-refractivity contribution is 9.10. The van der Waals surface area contributed by atoms with E-state index in [0.29, 0.717) is 23.9 Å². The molecule has 2 aromatic carbocycles. The second-order valence-electron chi connectivity index (χ2n) is 6.36. The van der Waals surface area contributed by atoms with Gasteiger partial charge in [-0.25, -0.2) is 0 Å². The number of hydrogen-bond donors (Lipinski definition) is 1. The summed E-state index contributed by atoms with van der Waals surface area (Å²) in [7, 11) is 0. The molecular weight excluding hydrogens is 444 g/mol. The minimum absolute atomic E-state index is 0.152. The fraction of sp³-hybridized carbons (Fsp3) is 0.333. The zero-order valence-corrected chi connectivity index (χ0v) is 18.3. The van der Waals surface area contributed by atoms with Crippen LogP contribution in [0, 0.1) is 0 Å². The van der Waals surface area contributed by atoms with E-state index in [1.807, 2.05) is 31.2 Å². The Morgan fingerprint density at radius 2 is 1.79 bits per heavy atom. The third-order valence-corrected chi connectivity index (χ3v) is 4.94. The molecule has 0 saturated carbocycles. The van der Waals surface area contributed by atoms with Crippen molar-refractivity contribution in [2.45, 2.75) is 32.9 Å². The van der Waals surface area contributed by atoms with Crippen LogP contribution in [0.3, 0.4) is 0 Å². The molecule has 0 aliphatic rings. The number of hydrogen-bond acceptors (Lipinski definition) is 3. The predicted octanol–water partition coefficient (Wildman–Crippen LogP) is 4.42. The number of carbonyl (C=O) groups excluding carboxylic acids is 2. The Labute approximate surface area is 179 Å². The molecule has 0 bridgehead atoms. The topological polar surface area (TPSA) is 58.6 Å². The van der Waals surface area contributed by atoms with E-state index >= 15 is 0 Å². The van der Waals surface area contributed by atoms with Gasteiger partial charge in [0.15, 0.2) is 6.61 Å². The molecule has 0 fully saturated rings. The van der Waals surface area contributed by atoms with Crippen LogP contribution in [0.1, 0.15) is 25.8 Å². The average Bonchev–Trinajstić information content (AvgIpc) is 2.70. The van der Waals surface area contributed by atoms with Crippen molar-refractivity contribution in [3.63, 3.8) is 0 Å². The lowest BCUT2D eigenvalue weighted by molar-refractivity contribution is -0.142. The number of nitrogens with one attached hydrogen (secondary N) is 1. The molecule has 0 heterocycles. The van der Waals surface area contributed by atoms with Crippen LogP contribution in [0.4, 0.5) is 0 Å². The normalized spacial score (nSPS) is 11.6. The average molecular weight is 468 g/mol. The van der Waals surface area contributed by atoms with Gasteiger partial charge in [-0.15, -0.1) is 0 Å². The molecular formula is C21H24BrClN2O3. The number of nitrogens with zero attached hydrogens (tertiary/aromatic N) is 1. The van der Waals surface area contributed by atoms with Crippen LogP contribution in [0.15, 0.2) is 53.0 Å². The highest BCUT2D eigenvalue weighted by Crippen LogP contribution is 2.17. The Morgan fingerprint density at radius 3 is 2.39 bits per heavy atom. The summed E-state index contributed by atoms with van der Waals surface area (Å²) in [6.45, 7) is 4.41. The van der Waals surface area contributed by atoms with Crippen molar-refractivity contribution in [1.29, 1.82) is 0 Å². The number of rotatable bonds is 9. The highest BCUT2D eigenvalue weighted by Gasteiger charge is 2.26.